The fourth-order valence-electron chi connectivity index (χ4n) is 2.50. The summed E-state index contributed by atoms with van der Waals surface area (Å²) in [5.74, 6) is 0.998. The van der Waals surface area contributed by atoms with Crippen molar-refractivity contribution in [3.63, 3.8) is 0 Å². The van der Waals surface area contributed by atoms with Gasteiger partial charge in [0.2, 0.25) is 0 Å². The topological polar surface area (TPSA) is 71.7 Å². The Kier molecular flexibility index (Phi) is 6.44. The van der Waals surface area contributed by atoms with E-state index in [-0.39, 0.29) is 11.9 Å². The minimum atomic E-state index is -0.743. The van der Waals surface area contributed by atoms with E-state index < -0.39 is 12.2 Å². The van der Waals surface area contributed by atoms with Crippen molar-refractivity contribution in [3.8, 4) is 5.75 Å². The van der Waals surface area contributed by atoms with E-state index in [1.165, 1.54) is 6.26 Å². The van der Waals surface area contributed by atoms with E-state index in [2.05, 4.69) is 5.32 Å². The molecule has 0 aliphatic carbocycles. The van der Waals surface area contributed by atoms with Gasteiger partial charge in [0.05, 0.1) is 6.26 Å². The molecular formula is C19H25NO4. The van der Waals surface area contributed by atoms with Crippen molar-refractivity contribution in [2.45, 2.75) is 51.9 Å². The van der Waals surface area contributed by atoms with Crippen molar-refractivity contribution < 1.29 is 19.1 Å². The van der Waals surface area contributed by atoms with Crippen LogP contribution in [0, 0.1) is 6.92 Å². The summed E-state index contributed by atoms with van der Waals surface area (Å²) in [6, 6.07) is 10.9. The van der Waals surface area contributed by atoms with Crippen molar-refractivity contribution in [1.29, 1.82) is 0 Å². The number of aliphatic hydroxyl groups excluding tert-OH is 1. The van der Waals surface area contributed by atoms with E-state index in [0.29, 0.717) is 24.4 Å². The van der Waals surface area contributed by atoms with E-state index in [1.54, 1.807) is 12.1 Å². The predicted octanol–water partition coefficient (Wildman–Crippen LogP) is 3.37. The average molecular weight is 331 g/mol. The maximum absolute atomic E-state index is 12.4. The van der Waals surface area contributed by atoms with E-state index in [9.17, 15) is 9.90 Å². The number of aryl methyl sites for hydroxylation is 1. The maximum atomic E-state index is 12.4. The highest BCUT2D eigenvalue weighted by Gasteiger charge is 2.22. The van der Waals surface area contributed by atoms with Gasteiger partial charge in [-0.1, -0.05) is 19.1 Å². The number of amides is 1. The first-order valence-corrected chi connectivity index (χ1v) is 8.24. The van der Waals surface area contributed by atoms with E-state index >= 15 is 0 Å². The predicted molar refractivity (Wildman–Crippen MR) is 91.8 cm³/mol. The molecule has 1 heterocycles. The van der Waals surface area contributed by atoms with Crippen LogP contribution in [0.5, 0.6) is 5.75 Å². The Morgan fingerprint density at radius 1 is 1.33 bits per heavy atom. The largest absolute Gasteiger partial charge is 0.481 e. The average Bonchev–Trinajstić information content (AvgIpc) is 3.07. The molecular weight excluding hydrogens is 306 g/mol. The van der Waals surface area contributed by atoms with Crippen molar-refractivity contribution in [2.75, 3.05) is 0 Å². The zero-order valence-corrected chi connectivity index (χ0v) is 14.4. The van der Waals surface area contributed by atoms with Crippen molar-refractivity contribution in [1.82, 2.24) is 5.32 Å². The number of furan rings is 1. The van der Waals surface area contributed by atoms with Crippen LogP contribution in [-0.4, -0.2) is 23.2 Å². The SMILES string of the molecule is CCC(Oc1cccc(C)c1)C(=O)NC(C)CC(O)c1ccco1. The van der Waals surface area contributed by atoms with Gasteiger partial charge in [-0.25, -0.2) is 0 Å². The molecule has 1 aromatic carbocycles. The molecule has 5 heteroatoms. The molecule has 2 N–H and O–H groups in total. The zero-order valence-electron chi connectivity index (χ0n) is 14.4. The number of rotatable bonds is 8. The standard InChI is InChI=1S/C19H25NO4/c1-4-17(24-15-8-5-7-13(2)11-15)19(22)20-14(3)12-16(21)18-9-6-10-23-18/h5-11,14,16-17,21H,4,12H2,1-3H3,(H,20,22). The second-order valence-corrected chi connectivity index (χ2v) is 6.01. The van der Waals surface area contributed by atoms with Crippen LogP contribution in [0.4, 0.5) is 0 Å². The Morgan fingerprint density at radius 3 is 2.75 bits per heavy atom. The highest BCUT2D eigenvalue weighted by Crippen LogP contribution is 2.19. The maximum Gasteiger partial charge on any atom is 0.261 e. The van der Waals surface area contributed by atoms with Gasteiger partial charge in [0.1, 0.15) is 17.6 Å². The number of aliphatic hydroxyl groups is 1. The van der Waals surface area contributed by atoms with Gasteiger partial charge in [0, 0.05) is 12.5 Å². The van der Waals surface area contributed by atoms with Gasteiger partial charge in [0.15, 0.2) is 6.10 Å². The van der Waals surface area contributed by atoms with Crippen LogP contribution in [0.15, 0.2) is 47.1 Å². The number of carbonyl (C=O) groups excluding carboxylic acids is 1. The molecule has 3 atom stereocenters. The number of hydrogen-bond acceptors (Lipinski definition) is 4. The number of ether oxygens (including phenoxy) is 1. The van der Waals surface area contributed by atoms with Crippen LogP contribution in [-0.2, 0) is 4.79 Å². The Balaban J connectivity index is 1.88. The first-order valence-electron chi connectivity index (χ1n) is 8.24. The molecule has 130 valence electrons. The molecule has 0 aliphatic rings. The molecule has 5 nitrogen and oxygen atoms in total. The fourth-order valence-corrected chi connectivity index (χ4v) is 2.50. The third-order valence-corrected chi connectivity index (χ3v) is 3.77. The molecule has 24 heavy (non-hydrogen) atoms. The minimum absolute atomic E-state index is 0.182. The van der Waals surface area contributed by atoms with Gasteiger partial charge in [-0.3, -0.25) is 4.79 Å². The van der Waals surface area contributed by atoms with Crippen LogP contribution in [0.2, 0.25) is 0 Å². The molecule has 2 aromatic rings. The molecule has 3 unspecified atom stereocenters. The number of hydrogen-bond donors (Lipinski definition) is 2. The van der Waals surface area contributed by atoms with Crippen LogP contribution in [0.25, 0.3) is 0 Å². The summed E-state index contributed by atoms with van der Waals surface area (Å²) >= 11 is 0. The Bertz CT molecular complexity index is 639. The highest BCUT2D eigenvalue weighted by molar-refractivity contribution is 5.81. The molecule has 0 bridgehead atoms. The van der Waals surface area contributed by atoms with Crippen LogP contribution in [0.1, 0.15) is 44.1 Å². The Hall–Kier alpha value is -2.27. The van der Waals surface area contributed by atoms with Gasteiger partial charge in [-0.2, -0.15) is 0 Å². The highest BCUT2D eigenvalue weighted by atomic mass is 16.5. The lowest BCUT2D eigenvalue weighted by Crippen LogP contribution is -2.43. The first kappa shape index (κ1) is 18.1. The van der Waals surface area contributed by atoms with E-state index in [4.69, 9.17) is 9.15 Å². The summed E-state index contributed by atoms with van der Waals surface area (Å²) in [7, 11) is 0. The zero-order chi connectivity index (χ0) is 17.5. The fraction of sp³-hybridized carbons (Fsp3) is 0.421. The van der Waals surface area contributed by atoms with Crippen molar-refractivity contribution in [2.24, 2.45) is 0 Å². The summed E-state index contributed by atoms with van der Waals surface area (Å²) in [5.41, 5.74) is 1.08. The molecule has 1 amide bonds. The third-order valence-electron chi connectivity index (χ3n) is 3.77. The summed E-state index contributed by atoms with van der Waals surface area (Å²) in [6.45, 7) is 5.73. The smallest absolute Gasteiger partial charge is 0.261 e. The summed E-state index contributed by atoms with van der Waals surface area (Å²) in [6.07, 6.45) is 1.15. The van der Waals surface area contributed by atoms with Crippen LogP contribution >= 0.6 is 0 Å². The van der Waals surface area contributed by atoms with Gasteiger partial charge in [-0.15, -0.1) is 0 Å². The quantitative estimate of drug-likeness (QED) is 0.778. The molecule has 1 aromatic heterocycles. The lowest BCUT2D eigenvalue weighted by molar-refractivity contribution is -0.128. The lowest BCUT2D eigenvalue weighted by Gasteiger charge is -2.21. The van der Waals surface area contributed by atoms with Crippen LogP contribution in [0.3, 0.4) is 0 Å². The summed E-state index contributed by atoms with van der Waals surface area (Å²) in [5, 5.41) is 13.0. The van der Waals surface area contributed by atoms with Gasteiger partial charge >= 0.3 is 0 Å². The molecule has 0 saturated carbocycles. The first-order chi connectivity index (χ1) is 11.5. The van der Waals surface area contributed by atoms with Gasteiger partial charge in [0.25, 0.3) is 5.91 Å². The molecule has 0 spiro atoms. The van der Waals surface area contributed by atoms with Crippen molar-refractivity contribution in [3.05, 3.63) is 54.0 Å². The monoisotopic (exact) mass is 331 g/mol. The summed E-state index contributed by atoms with van der Waals surface area (Å²) < 4.78 is 11.0. The van der Waals surface area contributed by atoms with Gasteiger partial charge < -0.3 is 19.6 Å². The lowest BCUT2D eigenvalue weighted by atomic mass is 10.1. The molecule has 0 aliphatic heterocycles. The van der Waals surface area contributed by atoms with Crippen molar-refractivity contribution >= 4 is 5.91 Å². The second kappa shape index (κ2) is 8.55. The Labute approximate surface area is 142 Å². The molecule has 0 radical (unpaired) electrons. The number of benzene rings is 1. The number of carbonyl (C=O) groups is 1. The molecule has 0 fully saturated rings. The molecule has 2 rings (SSSR count). The Morgan fingerprint density at radius 2 is 2.12 bits per heavy atom. The van der Waals surface area contributed by atoms with E-state index in [0.717, 1.165) is 5.56 Å². The van der Waals surface area contributed by atoms with Crippen LogP contribution < -0.4 is 10.1 Å². The second-order valence-electron chi connectivity index (χ2n) is 6.01. The molecule has 0 saturated heterocycles. The van der Waals surface area contributed by atoms with Gasteiger partial charge in [-0.05, 0) is 50.1 Å². The summed E-state index contributed by atoms with van der Waals surface area (Å²) in [4.78, 5) is 12.4. The normalized spacial score (nSPS) is 14.7. The minimum Gasteiger partial charge on any atom is -0.481 e. The van der Waals surface area contributed by atoms with E-state index in [1.807, 2.05) is 45.0 Å². The third kappa shape index (κ3) is 5.13. The number of nitrogens with one attached hydrogen (secondary N) is 1.